The number of carbonyl (C=O) groups excluding carboxylic acids is 1. The predicted octanol–water partition coefficient (Wildman–Crippen LogP) is 4.45. The van der Waals surface area contributed by atoms with Crippen LogP contribution in [0.4, 0.5) is 0 Å². The van der Waals surface area contributed by atoms with Gasteiger partial charge in [0, 0.05) is 23.8 Å². The van der Waals surface area contributed by atoms with Gasteiger partial charge in [0.1, 0.15) is 29.6 Å². The van der Waals surface area contributed by atoms with Crippen molar-refractivity contribution in [3.63, 3.8) is 0 Å². The van der Waals surface area contributed by atoms with E-state index in [2.05, 4.69) is 5.10 Å². The van der Waals surface area contributed by atoms with Crippen molar-refractivity contribution in [1.29, 1.82) is 0 Å². The van der Waals surface area contributed by atoms with Crippen molar-refractivity contribution in [3.05, 3.63) is 76.5 Å². The third-order valence-electron chi connectivity index (χ3n) is 3.64. The summed E-state index contributed by atoms with van der Waals surface area (Å²) in [4.78, 5) is 12.0. The Labute approximate surface area is 150 Å². The zero-order chi connectivity index (χ0) is 17.8. The van der Waals surface area contributed by atoms with Gasteiger partial charge >= 0.3 is 0 Å². The standard InChI is InChI=1S/C19H17ClN2O3/c1-13-16(20)4-3-5-19(13)24-12-15-7-6-14(25-15)8-9-18(23)17-10-11-22(2)21-17/h3-11H,12H2,1-2H3/b9-8+. The van der Waals surface area contributed by atoms with Gasteiger partial charge in [-0.1, -0.05) is 17.7 Å². The van der Waals surface area contributed by atoms with Crippen LogP contribution in [0.1, 0.15) is 27.6 Å². The molecular formula is C19H17ClN2O3. The molecule has 128 valence electrons. The highest BCUT2D eigenvalue weighted by Crippen LogP contribution is 2.26. The van der Waals surface area contributed by atoms with E-state index in [1.807, 2.05) is 31.2 Å². The first-order valence-corrected chi connectivity index (χ1v) is 8.09. The fraction of sp³-hybridized carbons (Fsp3) is 0.158. The number of aromatic nitrogens is 2. The average Bonchev–Trinajstić information content (AvgIpc) is 3.23. The van der Waals surface area contributed by atoms with Crippen LogP contribution in [0, 0.1) is 6.92 Å². The third kappa shape index (κ3) is 4.19. The first kappa shape index (κ1) is 17.0. The maximum atomic E-state index is 12.0. The minimum Gasteiger partial charge on any atom is -0.485 e. The van der Waals surface area contributed by atoms with Gasteiger partial charge in [0.05, 0.1) is 0 Å². The number of benzene rings is 1. The molecule has 0 N–H and O–H groups in total. The molecule has 0 saturated carbocycles. The van der Waals surface area contributed by atoms with Crippen LogP contribution in [-0.2, 0) is 13.7 Å². The Morgan fingerprint density at radius 3 is 2.92 bits per heavy atom. The van der Waals surface area contributed by atoms with Crippen LogP contribution < -0.4 is 4.74 Å². The Morgan fingerprint density at radius 1 is 1.32 bits per heavy atom. The van der Waals surface area contributed by atoms with Crippen LogP contribution in [0.15, 0.2) is 53.1 Å². The molecule has 0 unspecified atom stereocenters. The number of hydrogen-bond acceptors (Lipinski definition) is 4. The summed E-state index contributed by atoms with van der Waals surface area (Å²) in [6.45, 7) is 2.18. The second kappa shape index (κ2) is 7.40. The Kier molecular flexibility index (Phi) is 5.05. The van der Waals surface area contributed by atoms with E-state index in [-0.39, 0.29) is 12.4 Å². The van der Waals surface area contributed by atoms with Crippen LogP contribution in [0.25, 0.3) is 6.08 Å². The van der Waals surface area contributed by atoms with Crippen molar-refractivity contribution in [1.82, 2.24) is 9.78 Å². The fourth-order valence-electron chi connectivity index (χ4n) is 2.24. The normalized spacial score (nSPS) is 11.2. The van der Waals surface area contributed by atoms with E-state index in [4.69, 9.17) is 20.8 Å². The molecular weight excluding hydrogens is 340 g/mol. The third-order valence-corrected chi connectivity index (χ3v) is 4.04. The topological polar surface area (TPSA) is 57.3 Å². The number of carbonyl (C=O) groups is 1. The molecule has 0 aliphatic carbocycles. The van der Waals surface area contributed by atoms with Gasteiger partial charge in [0.25, 0.3) is 0 Å². The first-order valence-electron chi connectivity index (χ1n) is 7.71. The number of rotatable bonds is 6. The summed E-state index contributed by atoms with van der Waals surface area (Å²) >= 11 is 6.07. The SMILES string of the molecule is Cc1c(Cl)cccc1OCc1ccc(/C=C/C(=O)c2ccn(C)n2)o1. The van der Waals surface area contributed by atoms with Gasteiger partial charge in [0.15, 0.2) is 0 Å². The van der Waals surface area contributed by atoms with E-state index in [9.17, 15) is 4.79 Å². The van der Waals surface area contributed by atoms with Crippen molar-refractivity contribution < 1.29 is 13.9 Å². The van der Waals surface area contributed by atoms with E-state index in [0.29, 0.717) is 28.0 Å². The summed E-state index contributed by atoms with van der Waals surface area (Å²) in [5.41, 5.74) is 1.28. The van der Waals surface area contributed by atoms with Crippen LogP contribution in [0.5, 0.6) is 5.75 Å². The maximum absolute atomic E-state index is 12.0. The molecule has 3 rings (SSSR count). The van der Waals surface area contributed by atoms with Crippen molar-refractivity contribution >= 4 is 23.5 Å². The van der Waals surface area contributed by atoms with E-state index in [1.165, 1.54) is 6.08 Å². The molecule has 6 heteroatoms. The Balaban J connectivity index is 1.61. The number of halogens is 1. The number of allylic oxidation sites excluding steroid dienone is 1. The molecule has 2 heterocycles. The van der Waals surface area contributed by atoms with E-state index >= 15 is 0 Å². The van der Waals surface area contributed by atoms with Gasteiger partial charge in [-0.05, 0) is 49.4 Å². The summed E-state index contributed by atoms with van der Waals surface area (Å²) in [5.74, 6) is 1.77. The quantitative estimate of drug-likeness (QED) is 0.483. The molecule has 0 bridgehead atoms. The molecule has 0 aliphatic heterocycles. The molecule has 0 saturated heterocycles. The molecule has 0 amide bonds. The Hall–Kier alpha value is -2.79. The largest absolute Gasteiger partial charge is 0.485 e. The van der Waals surface area contributed by atoms with Crippen molar-refractivity contribution in [2.75, 3.05) is 0 Å². The molecule has 0 aliphatic rings. The second-order valence-corrected chi connectivity index (χ2v) is 5.94. The van der Waals surface area contributed by atoms with Crippen molar-refractivity contribution in [2.45, 2.75) is 13.5 Å². The highest BCUT2D eigenvalue weighted by Gasteiger charge is 2.07. The summed E-state index contributed by atoms with van der Waals surface area (Å²) in [6.07, 6.45) is 4.78. The first-order chi connectivity index (χ1) is 12.0. The van der Waals surface area contributed by atoms with E-state index in [1.54, 1.807) is 36.1 Å². The molecule has 3 aromatic rings. The van der Waals surface area contributed by atoms with Gasteiger partial charge in [-0.15, -0.1) is 0 Å². The molecule has 0 radical (unpaired) electrons. The predicted molar refractivity (Wildman–Crippen MR) is 95.8 cm³/mol. The van der Waals surface area contributed by atoms with Gasteiger partial charge in [0.2, 0.25) is 5.78 Å². The minimum atomic E-state index is -0.177. The fourth-order valence-corrected chi connectivity index (χ4v) is 2.41. The van der Waals surface area contributed by atoms with Crippen molar-refractivity contribution in [3.8, 4) is 5.75 Å². The number of ketones is 1. The number of furan rings is 1. The summed E-state index contributed by atoms with van der Waals surface area (Å²) < 4.78 is 13.0. The highest BCUT2D eigenvalue weighted by molar-refractivity contribution is 6.31. The number of hydrogen-bond donors (Lipinski definition) is 0. The zero-order valence-electron chi connectivity index (χ0n) is 13.9. The number of ether oxygens (including phenoxy) is 1. The van der Waals surface area contributed by atoms with Gasteiger partial charge in [-0.3, -0.25) is 9.48 Å². The van der Waals surface area contributed by atoms with Crippen molar-refractivity contribution in [2.24, 2.45) is 7.05 Å². The monoisotopic (exact) mass is 356 g/mol. The van der Waals surface area contributed by atoms with Crippen LogP contribution in [0.3, 0.4) is 0 Å². The molecule has 2 aromatic heterocycles. The lowest BCUT2D eigenvalue weighted by Crippen LogP contribution is -1.97. The average molecular weight is 357 g/mol. The van der Waals surface area contributed by atoms with Crippen LogP contribution >= 0.6 is 11.6 Å². The molecule has 5 nitrogen and oxygen atoms in total. The second-order valence-electron chi connectivity index (χ2n) is 5.53. The lowest BCUT2D eigenvalue weighted by molar-refractivity contribution is 0.104. The Morgan fingerprint density at radius 2 is 2.16 bits per heavy atom. The van der Waals surface area contributed by atoms with Gasteiger partial charge in [-0.2, -0.15) is 5.10 Å². The van der Waals surface area contributed by atoms with Crippen LogP contribution in [0.2, 0.25) is 5.02 Å². The summed E-state index contributed by atoms with van der Waals surface area (Å²) in [5, 5.41) is 4.72. The molecule has 25 heavy (non-hydrogen) atoms. The smallest absolute Gasteiger partial charge is 0.206 e. The Bertz CT molecular complexity index is 924. The molecule has 0 fully saturated rings. The van der Waals surface area contributed by atoms with Gasteiger partial charge < -0.3 is 9.15 Å². The maximum Gasteiger partial charge on any atom is 0.206 e. The van der Waals surface area contributed by atoms with Gasteiger partial charge in [-0.25, -0.2) is 0 Å². The summed E-state index contributed by atoms with van der Waals surface area (Å²) in [7, 11) is 1.76. The minimum absolute atomic E-state index is 0.177. The summed E-state index contributed by atoms with van der Waals surface area (Å²) in [6, 6.07) is 10.8. The lowest BCUT2D eigenvalue weighted by atomic mass is 10.2. The highest BCUT2D eigenvalue weighted by atomic mass is 35.5. The van der Waals surface area contributed by atoms with E-state index < -0.39 is 0 Å². The number of nitrogens with zero attached hydrogens (tertiary/aromatic N) is 2. The number of aryl methyl sites for hydroxylation is 1. The molecule has 1 aromatic carbocycles. The zero-order valence-corrected chi connectivity index (χ0v) is 14.7. The molecule has 0 atom stereocenters. The van der Waals surface area contributed by atoms with E-state index in [0.717, 1.165) is 5.56 Å². The lowest BCUT2D eigenvalue weighted by Gasteiger charge is -2.08. The molecule has 0 spiro atoms. The van der Waals surface area contributed by atoms with Crippen LogP contribution in [-0.4, -0.2) is 15.6 Å².